The fourth-order valence-electron chi connectivity index (χ4n) is 1.46. The molecule has 2 heterocycles. The molecule has 1 unspecified atom stereocenters. The first kappa shape index (κ1) is 8.18. The largest absolute Gasteiger partial charge is 0.330 e. The minimum Gasteiger partial charge on any atom is -0.330 e. The lowest BCUT2D eigenvalue weighted by Crippen LogP contribution is -2.35. The van der Waals surface area contributed by atoms with E-state index in [9.17, 15) is 4.79 Å². The highest BCUT2D eigenvalue weighted by atomic mass is 16.2. The molecule has 1 atom stereocenters. The number of nitrogens with zero attached hydrogens (tertiary/aromatic N) is 4. The standard InChI is InChI=1S/C7H11N5O/c8-2-6-1-7(13)12(3-6)11-4-9-10-5-11/h4-6H,1-3,8H2. The molecule has 2 rings (SSSR count). The van der Waals surface area contributed by atoms with Crippen LogP contribution >= 0.6 is 0 Å². The van der Waals surface area contributed by atoms with E-state index in [1.807, 2.05) is 0 Å². The summed E-state index contributed by atoms with van der Waals surface area (Å²) in [5.74, 6) is 0.338. The predicted molar refractivity (Wildman–Crippen MR) is 45.3 cm³/mol. The molecule has 0 aromatic carbocycles. The van der Waals surface area contributed by atoms with Gasteiger partial charge in [0.15, 0.2) is 0 Å². The van der Waals surface area contributed by atoms with Gasteiger partial charge in [-0.3, -0.25) is 4.79 Å². The summed E-state index contributed by atoms with van der Waals surface area (Å²) in [5, 5.41) is 8.89. The van der Waals surface area contributed by atoms with Gasteiger partial charge in [-0.1, -0.05) is 0 Å². The predicted octanol–water partition coefficient (Wildman–Crippen LogP) is -1.28. The molecular formula is C7H11N5O. The number of amides is 1. The van der Waals surface area contributed by atoms with Crippen LogP contribution in [0.3, 0.4) is 0 Å². The van der Waals surface area contributed by atoms with E-state index >= 15 is 0 Å². The number of nitrogens with two attached hydrogens (primary N) is 1. The minimum absolute atomic E-state index is 0.0789. The number of rotatable bonds is 2. The smallest absolute Gasteiger partial charge is 0.241 e. The van der Waals surface area contributed by atoms with E-state index in [4.69, 9.17) is 5.73 Å². The summed E-state index contributed by atoms with van der Waals surface area (Å²) in [6.45, 7) is 1.21. The highest BCUT2D eigenvalue weighted by molar-refractivity contribution is 5.88. The van der Waals surface area contributed by atoms with Crippen LogP contribution in [0.15, 0.2) is 12.7 Å². The second kappa shape index (κ2) is 3.14. The fourth-order valence-corrected chi connectivity index (χ4v) is 1.46. The van der Waals surface area contributed by atoms with Crippen LogP contribution in [0.2, 0.25) is 0 Å². The average Bonchev–Trinajstić information content (AvgIpc) is 2.72. The summed E-state index contributed by atoms with van der Waals surface area (Å²) in [6.07, 6.45) is 3.54. The lowest BCUT2D eigenvalue weighted by molar-refractivity contribution is -0.118. The first-order valence-corrected chi connectivity index (χ1v) is 4.16. The summed E-state index contributed by atoms with van der Waals surface area (Å²) in [5.41, 5.74) is 5.49. The van der Waals surface area contributed by atoms with Crippen molar-refractivity contribution in [2.24, 2.45) is 11.7 Å². The molecule has 6 nitrogen and oxygen atoms in total. The molecule has 1 aliphatic heterocycles. The van der Waals surface area contributed by atoms with Crippen molar-refractivity contribution in [2.45, 2.75) is 6.42 Å². The van der Waals surface area contributed by atoms with E-state index in [0.29, 0.717) is 19.5 Å². The summed E-state index contributed by atoms with van der Waals surface area (Å²) in [7, 11) is 0. The lowest BCUT2D eigenvalue weighted by Gasteiger charge is -2.15. The molecule has 2 N–H and O–H groups in total. The number of aromatic nitrogens is 3. The van der Waals surface area contributed by atoms with Crippen molar-refractivity contribution in [3.63, 3.8) is 0 Å². The van der Waals surface area contributed by atoms with Gasteiger partial charge >= 0.3 is 0 Å². The maximum absolute atomic E-state index is 11.4. The van der Waals surface area contributed by atoms with Crippen molar-refractivity contribution in [1.82, 2.24) is 14.9 Å². The first-order valence-electron chi connectivity index (χ1n) is 4.16. The molecule has 1 aromatic rings. The maximum Gasteiger partial charge on any atom is 0.241 e. The maximum atomic E-state index is 11.4. The SMILES string of the molecule is NCC1CC(=O)N(n2cnnc2)C1. The Morgan fingerprint density at radius 1 is 1.54 bits per heavy atom. The third-order valence-electron chi connectivity index (χ3n) is 2.20. The second-order valence-electron chi connectivity index (χ2n) is 3.12. The summed E-state index contributed by atoms with van der Waals surface area (Å²) in [6, 6.07) is 0. The van der Waals surface area contributed by atoms with Gasteiger partial charge in [0.2, 0.25) is 5.91 Å². The van der Waals surface area contributed by atoms with Crippen LogP contribution in [0, 0.1) is 5.92 Å². The zero-order chi connectivity index (χ0) is 9.26. The third kappa shape index (κ3) is 1.40. The molecule has 0 aliphatic carbocycles. The molecule has 1 aromatic heterocycles. The summed E-state index contributed by atoms with van der Waals surface area (Å²) in [4.78, 5) is 11.4. The molecule has 0 spiro atoms. The topological polar surface area (TPSA) is 77.0 Å². The van der Waals surface area contributed by atoms with Crippen molar-refractivity contribution in [3.05, 3.63) is 12.7 Å². The average molecular weight is 181 g/mol. The molecule has 1 aliphatic rings. The van der Waals surface area contributed by atoms with Crippen LogP contribution in [-0.2, 0) is 4.79 Å². The van der Waals surface area contributed by atoms with Crippen LogP contribution in [0.5, 0.6) is 0 Å². The van der Waals surface area contributed by atoms with Gasteiger partial charge in [0.25, 0.3) is 0 Å². The Hall–Kier alpha value is -1.43. The van der Waals surface area contributed by atoms with Gasteiger partial charge in [-0.25, -0.2) is 9.69 Å². The Morgan fingerprint density at radius 2 is 2.23 bits per heavy atom. The van der Waals surface area contributed by atoms with Crippen LogP contribution in [0.4, 0.5) is 0 Å². The van der Waals surface area contributed by atoms with Gasteiger partial charge in [0, 0.05) is 13.0 Å². The molecule has 1 amide bonds. The van der Waals surface area contributed by atoms with Gasteiger partial charge in [-0.15, -0.1) is 10.2 Å². The van der Waals surface area contributed by atoms with Gasteiger partial charge in [-0.2, -0.15) is 0 Å². The van der Waals surface area contributed by atoms with Crippen LogP contribution in [0.25, 0.3) is 0 Å². The van der Waals surface area contributed by atoms with Crippen molar-refractivity contribution in [3.8, 4) is 0 Å². The fraction of sp³-hybridized carbons (Fsp3) is 0.571. The Morgan fingerprint density at radius 3 is 2.77 bits per heavy atom. The number of carbonyl (C=O) groups is 1. The first-order chi connectivity index (χ1) is 6.31. The second-order valence-corrected chi connectivity index (χ2v) is 3.12. The molecule has 1 fully saturated rings. The molecule has 6 heteroatoms. The zero-order valence-electron chi connectivity index (χ0n) is 7.13. The molecule has 0 radical (unpaired) electrons. The molecule has 1 saturated heterocycles. The van der Waals surface area contributed by atoms with Gasteiger partial charge in [0.05, 0.1) is 0 Å². The molecule has 13 heavy (non-hydrogen) atoms. The van der Waals surface area contributed by atoms with Crippen LogP contribution in [-0.4, -0.2) is 33.9 Å². The Kier molecular flexibility index (Phi) is 1.97. The Bertz CT molecular complexity index is 296. The van der Waals surface area contributed by atoms with E-state index < -0.39 is 0 Å². The van der Waals surface area contributed by atoms with E-state index in [-0.39, 0.29) is 11.8 Å². The monoisotopic (exact) mass is 181 g/mol. The number of hydrogen-bond donors (Lipinski definition) is 1. The molecule has 0 saturated carbocycles. The zero-order valence-corrected chi connectivity index (χ0v) is 7.13. The minimum atomic E-state index is 0.0789. The Balaban J connectivity index is 2.14. The van der Waals surface area contributed by atoms with E-state index in [0.717, 1.165) is 0 Å². The summed E-state index contributed by atoms with van der Waals surface area (Å²) < 4.78 is 1.60. The molecular weight excluding hydrogens is 170 g/mol. The van der Waals surface area contributed by atoms with Gasteiger partial charge in [0.1, 0.15) is 12.7 Å². The lowest BCUT2D eigenvalue weighted by atomic mass is 10.1. The molecule has 0 bridgehead atoms. The quantitative estimate of drug-likeness (QED) is 0.616. The Labute approximate surface area is 75.3 Å². The van der Waals surface area contributed by atoms with Gasteiger partial charge in [-0.05, 0) is 12.5 Å². The van der Waals surface area contributed by atoms with E-state index in [2.05, 4.69) is 10.2 Å². The van der Waals surface area contributed by atoms with E-state index in [1.165, 1.54) is 12.7 Å². The van der Waals surface area contributed by atoms with Crippen molar-refractivity contribution in [2.75, 3.05) is 18.1 Å². The third-order valence-corrected chi connectivity index (χ3v) is 2.20. The van der Waals surface area contributed by atoms with Gasteiger partial charge < -0.3 is 5.73 Å². The van der Waals surface area contributed by atoms with Crippen molar-refractivity contribution >= 4 is 5.91 Å². The van der Waals surface area contributed by atoms with E-state index in [1.54, 1.807) is 9.69 Å². The van der Waals surface area contributed by atoms with Crippen LogP contribution < -0.4 is 10.7 Å². The van der Waals surface area contributed by atoms with Crippen LogP contribution in [0.1, 0.15) is 6.42 Å². The number of hydrogen-bond acceptors (Lipinski definition) is 4. The highest BCUT2D eigenvalue weighted by Crippen LogP contribution is 2.14. The van der Waals surface area contributed by atoms with Crippen molar-refractivity contribution in [1.29, 1.82) is 0 Å². The van der Waals surface area contributed by atoms with Crippen molar-refractivity contribution < 1.29 is 4.79 Å². The highest BCUT2D eigenvalue weighted by Gasteiger charge is 2.29. The molecule has 70 valence electrons. The number of carbonyl (C=O) groups excluding carboxylic acids is 1. The summed E-state index contributed by atoms with van der Waals surface area (Å²) >= 11 is 0. The normalized spacial score (nSPS) is 22.7.